The lowest BCUT2D eigenvalue weighted by Crippen LogP contribution is -2.35. The Morgan fingerprint density at radius 1 is 1.15 bits per heavy atom. The van der Waals surface area contributed by atoms with Gasteiger partial charge in [-0.05, 0) is 24.3 Å². The summed E-state index contributed by atoms with van der Waals surface area (Å²) in [6.07, 6.45) is 1.51. The third kappa shape index (κ3) is 2.85. The number of aromatic nitrogens is 4. The number of nitrogens with zero attached hydrogens (tertiary/aromatic N) is 4. The minimum absolute atomic E-state index is 0.0549. The molecule has 0 aliphatic carbocycles. The molecule has 26 heavy (non-hydrogen) atoms. The molecule has 3 aromatic rings. The second kappa shape index (κ2) is 6.00. The van der Waals surface area contributed by atoms with Crippen molar-refractivity contribution in [3.05, 3.63) is 48.3 Å². The summed E-state index contributed by atoms with van der Waals surface area (Å²) >= 11 is 0. The molecule has 1 aliphatic rings. The Kier molecular flexibility index (Phi) is 3.78. The van der Waals surface area contributed by atoms with E-state index in [1.807, 2.05) is 0 Å². The number of hydrogen-bond donors (Lipinski definition) is 2. The quantitative estimate of drug-likeness (QED) is 0.685. The third-order valence-electron chi connectivity index (χ3n) is 3.97. The van der Waals surface area contributed by atoms with Crippen LogP contribution in [0, 0.1) is 0 Å². The van der Waals surface area contributed by atoms with Crippen LogP contribution < -0.4 is 10.5 Å². The highest BCUT2D eigenvalue weighted by molar-refractivity contribution is 7.89. The first-order chi connectivity index (χ1) is 12.4. The summed E-state index contributed by atoms with van der Waals surface area (Å²) in [5.74, 6) is 0.0198. The second-order valence-corrected chi connectivity index (χ2v) is 7.23. The topological polar surface area (TPSA) is 133 Å². The molecule has 0 radical (unpaired) electrons. The van der Waals surface area contributed by atoms with Gasteiger partial charge in [-0.3, -0.25) is 9.48 Å². The number of hydrogen-bond acceptors (Lipinski definition) is 6. The molecule has 0 atom stereocenters. The number of amides is 1. The first kappa shape index (κ1) is 16.4. The summed E-state index contributed by atoms with van der Waals surface area (Å²) in [7, 11) is -3.92. The van der Waals surface area contributed by atoms with Crippen molar-refractivity contribution in [1.29, 1.82) is 0 Å². The fourth-order valence-electron chi connectivity index (χ4n) is 2.79. The molecule has 0 unspecified atom stereocenters. The molecule has 3 N–H and O–H groups in total. The summed E-state index contributed by atoms with van der Waals surface area (Å²) in [6, 6.07) is 9.54. The van der Waals surface area contributed by atoms with Gasteiger partial charge in [-0.25, -0.2) is 23.5 Å². The van der Waals surface area contributed by atoms with Crippen molar-refractivity contribution in [3.8, 4) is 22.8 Å². The van der Waals surface area contributed by atoms with Crippen molar-refractivity contribution < 1.29 is 13.2 Å². The van der Waals surface area contributed by atoms with E-state index >= 15 is 0 Å². The van der Waals surface area contributed by atoms with Gasteiger partial charge in [0.2, 0.25) is 10.0 Å². The van der Waals surface area contributed by atoms with Crippen molar-refractivity contribution in [3.63, 3.8) is 0 Å². The van der Waals surface area contributed by atoms with Crippen LogP contribution in [0.15, 0.2) is 47.5 Å². The van der Waals surface area contributed by atoms with E-state index in [1.54, 1.807) is 35.0 Å². The molecule has 9 nitrogen and oxygen atoms in total. The molecule has 3 heterocycles. The molecule has 1 aromatic carbocycles. The average molecular weight is 370 g/mol. The molecule has 132 valence electrons. The normalized spacial score (nSPS) is 14.0. The number of carbonyl (C=O) groups is 1. The average Bonchev–Trinajstić information content (AvgIpc) is 3.07. The Hall–Kier alpha value is -3.11. The zero-order valence-corrected chi connectivity index (χ0v) is 14.3. The van der Waals surface area contributed by atoms with Crippen molar-refractivity contribution in [2.24, 2.45) is 5.14 Å². The molecule has 0 bridgehead atoms. The molecule has 0 saturated carbocycles. The molecular formula is C16H14N6O3S. The zero-order valence-electron chi connectivity index (χ0n) is 13.5. The van der Waals surface area contributed by atoms with E-state index in [4.69, 9.17) is 5.14 Å². The summed E-state index contributed by atoms with van der Waals surface area (Å²) in [5.41, 5.74) is 1.75. The van der Waals surface area contributed by atoms with Gasteiger partial charge in [0.05, 0.1) is 17.1 Å². The van der Waals surface area contributed by atoms with Crippen LogP contribution in [0.1, 0.15) is 10.5 Å². The summed E-state index contributed by atoms with van der Waals surface area (Å²) in [5, 5.41) is 12.4. The molecule has 4 rings (SSSR count). The SMILES string of the molecule is NS(=O)(=O)c1ccccc1-c1nccc(-c2cc3n(n2)CCNC3=O)n1. The van der Waals surface area contributed by atoms with E-state index < -0.39 is 10.0 Å². The number of fused-ring (bicyclic) bond motifs is 1. The van der Waals surface area contributed by atoms with Gasteiger partial charge in [-0.2, -0.15) is 5.10 Å². The van der Waals surface area contributed by atoms with Crippen LogP contribution in [0.2, 0.25) is 0 Å². The Morgan fingerprint density at radius 3 is 2.73 bits per heavy atom. The molecular weight excluding hydrogens is 356 g/mol. The van der Waals surface area contributed by atoms with E-state index in [-0.39, 0.29) is 16.6 Å². The van der Waals surface area contributed by atoms with Crippen LogP contribution in [-0.2, 0) is 16.6 Å². The number of nitrogens with two attached hydrogens (primary N) is 1. The second-order valence-electron chi connectivity index (χ2n) is 5.70. The molecule has 1 aliphatic heterocycles. The summed E-state index contributed by atoms with van der Waals surface area (Å²) < 4.78 is 25.2. The van der Waals surface area contributed by atoms with Gasteiger partial charge >= 0.3 is 0 Å². The number of primary sulfonamides is 1. The Bertz CT molecular complexity index is 1120. The van der Waals surface area contributed by atoms with Crippen LogP contribution >= 0.6 is 0 Å². The highest BCUT2D eigenvalue weighted by Gasteiger charge is 2.21. The maximum absolute atomic E-state index is 11.9. The Labute approximate surface area is 148 Å². The van der Waals surface area contributed by atoms with Gasteiger partial charge in [-0.1, -0.05) is 12.1 Å². The highest BCUT2D eigenvalue weighted by Crippen LogP contribution is 2.26. The minimum Gasteiger partial charge on any atom is -0.349 e. The van der Waals surface area contributed by atoms with Crippen molar-refractivity contribution in [1.82, 2.24) is 25.1 Å². The first-order valence-corrected chi connectivity index (χ1v) is 9.30. The largest absolute Gasteiger partial charge is 0.349 e. The third-order valence-corrected chi connectivity index (χ3v) is 4.94. The number of rotatable bonds is 3. The van der Waals surface area contributed by atoms with Crippen LogP contribution in [0.4, 0.5) is 0 Å². The van der Waals surface area contributed by atoms with Crippen molar-refractivity contribution >= 4 is 15.9 Å². The van der Waals surface area contributed by atoms with E-state index in [1.165, 1.54) is 12.3 Å². The van der Waals surface area contributed by atoms with Gasteiger partial charge in [0.25, 0.3) is 5.91 Å². The van der Waals surface area contributed by atoms with Gasteiger partial charge < -0.3 is 5.32 Å². The van der Waals surface area contributed by atoms with Crippen molar-refractivity contribution in [2.75, 3.05) is 6.54 Å². The van der Waals surface area contributed by atoms with Gasteiger partial charge in [0.1, 0.15) is 11.4 Å². The number of benzene rings is 1. The van der Waals surface area contributed by atoms with Crippen LogP contribution in [0.5, 0.6) is 0 Å². The van der Waals surface area contributed by atoms with E-state index in [0.29, 0.717) is 35.7 Å². The molecule has 1 amide bonds. The minimum atomic E-state index is -3.92. The summed E-state index contributed by atoms with van der Waals surface area (Å²) in [4.78, 5) is 20.4. The van der Waals surface area contributed by atoms with Crippen LogP contribution in [0.3, 0.4) is 0 Å². The monoisotopic (exact) mass is 370 g/mol. The van der Waals surface area contributed by atoms with E-state index in [9.17, 15) is 13.2 Å². The molecule has 10 heteroatoms. The number of sulfonamides is 1. The zero-order chi connectivity index (χ0) is 18.3. The van der Waals surface area contributed by atoms with Crippen molar-refractivity contribution in [2.45, 2.75) is 11.4 Å². The lowest BCUT2D eigenvalue weighted by atomic mass is 10.2. The lowest BCUT2D eigenvalue weighted by molar-refractivity contribution is 0.0924. The lowest BCUT2D eigenvalue weighted by Gasteiger charge is -2.13. The predicted octanol–water partition coefficient (Wildman–Crippen LogP) is 0.398. The highest BCUT2D eigenvalue weighted by atomic mass is 32.2. The maximum Gasteiger partial charge on any atom is 0.269 e. The van der Waals surface area contributed by atoms with Gasteiger partial charge in [0.15, 0.2) is 5.82 Å². The fourth-order valence-corrected chi connectivity index (χ4v) is 3.53. The van der Waals surface area contributed by atoms with Crippen LogP contribution in [0.25, 0.3) is 22.8 Å². The van der Waals surface area contributed by atoms with Crippen LogP contribution in [-0.4, -0.2) is 40.6 Å². The van der Waals surface area contributed by atoms with Gasteiger partial charge in [-0.15, -0.1) is 0 Å². The molecule has 2 aromatic heterocycles. The van der Waals surface area contributed by atoms with Gasteiger partial charge in [0, 0.05) is 18.3 Å². The standard InChI is InChI=1S/C16H14N6O3S/c17-26(24,25)14-4-2-1-3-10(14)15-18-6-5-11(20-15)12-9-13-16(23)19-7-8-22(13)21-12/h1-6,9H,7-8H2,(H,19,23)(H2,17,24,25). The molecule has 0 fully saturated rings. The number of carbonyl (C=O) groups excluding carboxylic acids is 1. The molecule has 0 saturated heterocycles. The first-order valence-electron chi connectivity index (χ1n) is 7.75. The molecule has 0 spiro atoms. The van der Waals surface area contributed by atoms with E-state index in [0.717, 1.165) is 0 Å². The smallest absolute Gasteiger partial charge is 0.269 e. The predicted molar refractivity (Wildman–Crippen MR) is 92.4 cm³/mol. The van der Waals surface area contributed by atoms with E-state index in [2.05, 4.69) is 20.4 Å². The Balaban J connectivity index is 1.81. The summed E-state index contributed by atoms with van der Waals surface area (Å²) in [6.45, 7) is 1.09. The Morgan fingerprint density at radius 2 is 1.96 bits per heavy atom. The number of nitrogens with one attached hydrogen (secondary N) is 1. The maximum atomic E-state index is 11.9. The fraction of sp³-hybridized carbons (Fsp3) is 0.125.